The van der Waals surface area contributed by atoms with Gasteiger partial charge in [0.1, 0.15) is 5.75 Å². The number of ether oxygens (including phenoxy) is 1. The quantitative estimate of drug-likeness (QED) is 0.881. The molecule has 2 heterocycles. The van der Waals surface area contributed by atoms with Gasteiger partial charge < -0.3 is 15.0 Å². The predicted octanol–water partition coefficient (Wildman–Crippen LogP) is 3.03. The largest absolute Gasteiger partial charge is 0.497 e. The Kier molecular flexibility index (Phi) is 8.16. The van der Waals surface area contributed by atoms with Gasteiger partial charge >= 0.3 is 0 Å². The second-order valence-corrected chi connectivity index (χ2v) is 5.75. The summed E-state index contributed by atoms with van der Waals surface area (Å²) in [6.07, 6.45) is 4.40. The minimum Gasteiger partial charge on any atom is -0.497 e. The van der Waals surface area contributed by atoms with Crippen LogP contribution in [0.4, 0.5) is 0 Å². The van der Waals surface area contributed by atoms with Crippen molar-refractivity contribution in [2.75, 3.05) is 27.2 Å². The van der Waals surface area contributed by atoms with Crippen molar-refractivity contribution in [3.05, 3.63) is 48.3 Å². The van der Waals surface area contributed by atoms with Crippen molar-refractivity contribution in [2.24, 2.45) is 0 Å². The number of nitrogens with one attached hydrogen (secondary N) is 1. The van der Waals surface area contributed by atoms with Crippen LogP contribution in [0.25, 0.3) is 11.1 Å². The summed E-state index contributed by atoms with van der Waals surface area (Å²) < 4.78 is 5.17. The number of halogens is 2. The molecule has 1 N–H and O–H groups in total. The van der Waals surface area contributed by atoms with Gasteiger partial charge in [0.15, 0.2) is 0 Å². The molecule has 2 aromatic rings. The summed E-state index contributed by atoms with van der Waals surface area (Å²) in [7, 11) is 3.50. The van der Waals surface area contributed by atoms with Crippen molar-refractivity contribution in [3.8, 4) is 16.9 Å². The summed E-state index contributed by atoms with van der Waals surface area (Å²) >= 11 is 0. The van der Waals surface area contributed by atoms with E-state index in [-0.39, 0.29) is 36.8 Å². The molecule has 0 bridgehead atoms. The highest BCUT2D eigenvalue weighted by atomic mass is 35.5. The Bertz CT molecular complexity index is 689. The molecule has 25 heavy (non-hydrogen) atoms. The van der Waals surface area contributed by atoms with Crippen LogP contribution >= 0.6 is 24.8 Å². The zero-order chi connectivity index (χ0) is 16.2. The number of carbonyl (C=O) groups excluding carboxylic acids is 1. The first-order valence-corrected chi connectivity index (χ1v) is 7.76. The molecule has 136 valence electrons. The fourth-order valence-electron chi connectivity index (χ4n) is 2.84. The van der Waals surface area contributed by atoms with E-state index in [4.69, 9.17) is 4.74 Å². The standard InChI is InChI=1S/C18H21N3O2.2ClH/c1-21(16-7-8-19-12-16)18(22)15-9-14(10-20-11-15)13-3-5-17(23-2)6-4-13;;/h3-6,9-11,16,19H,7-8,12H2,1-2H3;2*1H. The number of aromatic nitrogens is 1. The lowest BCUT2D eigenvalue weighted by molar-refractivity contribution is 0.0743. The number of hydrogen-bond donors (Lipinski definition) is 1. The number of likely N-dealkylation sites (N-methyl/N-ethyl adjacent to an activating group) is 1. The molecule has 1 aliphatic rings. The Morgan fingerprint density at radius 2 is 1.92 bits per heavy atom. The Labute approximate surface area is 160 Å². The molecule has 5 nitrogen and oxygen atoms in total. The Morgan fingerprint density at radius 1 is 1.20 bits per heavy atom. The molecule has 3 rings (SSSR count). The predicted molar refractivity (Wildman–Crippen MR) is 104 cm³/mol. The SMILES string of the molecule is COc1ccc(-c2cncc(C(=O)N(C)C3CCNC3)c2)cc1.Cl.Cl. The highest BCUT2D eigenvalue weighted by Crippen LogP contribution is 2.23. The van der Waals surface area contributed by atoms with E-state index in [1.165, 1.54) is 0 Å². The summed E-state index contributed by atoms with van der Waals surface area (Å²) in [6, 6.07) is 9.90. The van der Waals surface area contributed by atoms with E-state index < -0.39 is 0 Å². The third-order valence-electron chi connectivity index (χ3n) is 4.31. The van der Waals surface area contributed by atoms with Crippen molar-refractivity contribution in [1.29, 1.82) is 0 Å². The minimum atomic E-state index is 0. The number of amides is 1. The van der Waals surface area contributed by atoms with Gasteiger partial charge in [0.2, 0.25) is 0 Å². The number of methoxy groups -OCH3 is 1. The van der Waals surface area contributed by atoms with Gasteiger partial charge in [0, 0.05) is 37.6 Å². The van der Waals surface area contributed by atoms with Gasteiger partial charge in [-0.3, -0.25) is 9.78 Å². The molecule has 1 amide bonds. The first-order valence-electron chi connectivity index (χ1n) is 7.76. The van der Waals surface area contributed by atoms with Crippen LogP contribution in [-0.4, -0.2) is 49.1 Å². The zero-order valence-corrected chi connectivity index (χ0v) is 15.9. The van der Waals surface area contributed by atoms with E-state index >= 15 is 0 Å². The molecule has 1 aromatic carbocycles. The maximum Gasteiger partial charge on any atom is 0.255 e. The van der Waals surface area contributed by atoms with E-state index in [0.29, 0.717) is 5.56 Å². The average Bonchev–Trinajstić information content (AvgIpc) is 3.15. The Morgan fingerprint density at radius 3 is 2.52 bits per heavy atom. The van der Waals surface area contributed by atoms with Crippen molar-refractivity contribution in [1.82, 2.24) is 15.2 Å². The van der Waals surface area contributed by atoms with Gasteiger partial charge in [-0.05, 0) is 36.7 Å². The van der Waals surface area contributed by atoms with Crippen LogP contribution < -0.4 is 10.1 Å². The number of hydrogen-bond acceptors (Lipinski definition) is 4. The first-order chi connectivity index (χ1) is 11.2. The molecule has 0 saturated carbocycles. The summed E-state index contributed by atoms with van der Waals surface area (Å²) in [5.41, 5.74) is 2.56. The van der Waals surface area contributed by atoms with Gasteiger partial charge in [0.25, 0.3) is 5.91 Å². The van der Waals surface area contributed by atoms with Crippen LogP contribution in [0, 0.1) is 0 Å². The third kappa shape index (κ3) is 4.84. The molecular weight excluding hydrogens is 361 g/mol. The lowest BCUT2D eigenvalue weighted by atomic mass is 10.1. The second-order valence-electron chi connectivity index (χ2n) is 5.75. The molecule has 1 saturated heterocycles. The molecule has 0 spiro atoms. The number of benzene rings is 1. The molecule has 1 fully saturated rings. The van der Waals surface area contributed by atoms with E-state index in [2.05, 4.69) is 10.3 Å². The van der Waals surface area contributed by atoms with Gasteiger partial charge in [-0.1, -0.05) is 12.1 Å². The number of carbonyl (C=O) groups is 1. The fraction of sp³-hybridized carbons (Fsp3) is 0.333. The smallest absolute Gasteiger partial charge is 0.255 e. The molecule has 1 unspecified atom stereocenters. The number of pyridine rings is 1. The lowest BCUT2D eigenvalue weighted by Gasteiger charge is -2.23. The van der Waals surface area contributed by atoms with Crippen molar-refractivity contribution in [3.63, 3.8) is 0 Å². The minimum absolute atomic E-state index is 0. The maximum atomic E-state index is 12.7. The first kappa shape index (κ1) is 21.2. The zero-order valence-electron chi connectivity index (χ0n) is 14.3. The third-order valence-corrected chi connectivity index (χ3v) is 4.31. The highest BCUT2D eigenvalue weighted by molar-refractivity contribution is 5.95. The van der Waals surface area contributed by atoms with Crippen LogP contribution in [0.15, 0.2) is 42.7 Å². The normalized spacial score (nSPS) is 15.7. The molecule has 7 heteroatoms. The summed E-state index contributed by atoms with van der Waals surface area (Å²) in [6.45, 7) is 1.82. The highest BCUT2D eigenvalue weighted by Gasteiger charge is 2.24. The van der Waals surface area contributed by atoms with Crippen molar-refractivity contribution >= 4 is 30.7 Å². The molecule has 0 aliphatic carbocycles. The molecule has 0 radical (unpaired) electrons. The van der Waals surface area contributed by atoms with Crippen LogP contribution in [0.5, 0.6) is 5.75 Å². The Balaban J connectivity index is 0.00000156. The molecular formula is C18H23Cl2N3O2. The maximum absolute atomic E-state index is 12.7. The van der Waals surface area contributed by atoms with Crippen LogP contribution in [0.1, 0.15) is 16.8 Å². The molecule has 1 aliphatic heterocycles. The van der Waals surface area contributed by atoms with Crippen LogP contribution in [0.2, 0.25) is 0 Å². The van der Waals surface area contributed by atoms with Gasteiger partial charge in [-0.15, -0.1) is 24.8 Å². The molecule has 1 aromatic heterocycles. The summed E-state index contributed by atoms with van der Waals surface area (Å²) in [5, 5.41) is 3.29. The van der Waals surface area contributed by atoms with Crippen molar-refractivity contribution < 1.29 is 9.53 Å². The number of nitrogens with zero attached hydrogens (tertiary/aromatic N) is 2. The van der Waals surface area contributed by atoms with E-state index in [1.807, 2.05) is 42.3 Å². The van der Waals surface area contributed by atoms with Crippen LogP contribution in [-0.2, 0) is 0 Å². The molecule has 1 atom stereocenters. The van der Waals surface area contributed by atoms with E-state index in [1.54, 1.807) is 19.5 Å². The monoisotopic (exact) mass is 383 g/mol. The Hall–Kier alpha value is -1.82. The average molecular weight is 384 g/mol. The van der Waals surface area contributed by atoms with Gasteiger partial charge in [-0.2, -0.15) is 0 Å². The second kappa shape index (κ2) is 9.61. The van der Waals surface area contributed by atoms with Gasteiger partial charge in [0.05, 0.1) is 12.7 Å². The fourth-order valence-corrected chi connectivity index (χ4v) is 2.84. The number of rotatable bonds is 4. The summed E-state index contributed by atoms with van der Waals surface area (Å²) in [5.74, 6) is 0.823. The topological polar surface area (TPSA) is 54.5 Å². The van der Waals surface area contributed by atoms with E-state index in [9.17, 15) is 4.79 Å². The van der Waals surface area contributed by atoms with Crippen molar-refractivity contribution in [2.45, 2.75) is 12.5 Å². The lowest BCUT2D eigenvalue weighted by Crippen LogP contribution is -2.38. The van der Waals surface area contributed by atoms with E-state index in [0.717, 1.165) is 36.4 Å². The van der Waals surface area contributed by atoms with Gasteiger partial charge in [-0.25, -0.2) is 0 Å². The van der Waals surface area contributed by atoms with Crippen LogP contribution in [0.3, 0.4) is 0 Å². The summed E-state index contributed by atoms with van der Waals surface area (Å²) in [4.78, 5) is 18.7.